The second-order valence-corrected chi connectivity index (χ2v) is 6.90. The maximum atomic E-state index is 13.6. The summed E-state index contributed by atoms with van der Waals surface area (Å²) in [6, 6.07) is 9.58. The van der Waals surface area contributed by atoms with Crippen molar-refractivity contribution in [3.8, 4) is 5.75 Å². The first kappa shape index (κ1) is 18.9. The monoisotopic (exact) mass is 387 g/mol. The number of carbonyl (C=O) groups excluding carboxylic acids is 1. The summed E-state index contributed by atoms with van der Waals surface area (Å²) in [6.45, 7) is 1.74. The summed E-state index contributed by atoms with van der Waals surface area (Å²) < 4.78 is 18.7. The van der Waals surface area contributed by atoms with Crippen LogP contribution in [-0.2, 0) is 4.79 Å². The second kappa shape index (κ2) is 8.60. The number of carbonyl (C=O) groups is 1. The highest BCUT2D eigenvalue weighted by molar-refractivity contribution is 8.00. The third kappa shape index (κ3) is 5.03. The number of hydrogen-bond acceptors (Lipinski definition) is 3. The number of methoxy groups -OCH3 is 1. The zero-order chi connectivity index (χ0) is 17.7. The Morgan fingerprint density at radius 1 is 1.25 bits per heavy atom. The molecule has 2 aromatic carbocycles. The van der Waals surface area contributed by atoms with Crippen molar-refractivity contribution < 1.29 is 13.9 Å². The molecule has 2 rings (SSSR count). The van der Waals surface area contributed by atoms with Gasteiger partial charge in [-0.1, -0.05) is 23.2 Å². The highest BCUT2D eigenvalue weighted by Gasteiger charge is 2.15. The van der Waals surface area contributed by atoms with Crippen LogP contribution in [0.25, 0.3) is 0 Å². The summed E-state index contributed by atoms with van der Waals surface area (Å²) in [6.07, 6.45) is 0. The Hall–Kier alpha value is -1.43. The number of nitrogens with one attached hydrogen (secondary N) is 1. The molecule has 1 amide bonds. The van der Waals surface area contributed by atoms with E-state index in [-0.39, 0.29) is 16.7 Å². The fourth-order valence-corrected chi connectivity index (χ4v) is 3.31. The van der Waals surface area contributed by atoms with E-state index in [0.717, 1.165) is 10.6 Å². The third-order valence-corrected chi connectivity index (χ3v) is 4.94. The van der Waals surface area contributed by atoms with Crippen LogP contribution in [-0.4, -0.2) is 18.8 Å². The zero-order valence-electron chi connectivity index (χ0n) is 13.1. The van der Waals surface area contributed by atoms with Crippen LogP contribution >= 0.6 is 35.0 Å². The molecule has 0 saturated carbocycles. The van der Waals surface area contributed by atoms with Gasteiger partial charge in [0.2, 0.25) is 5.91 Å². The summed E-state index contributed by atoms with van der Waals surface area (Å²) in [4.78, 5) is 13.0. The molecule has 0 saturated heterocycles. The Labute approximate surface area is 154 Å². The summed E-state index contributed by atoms with van der Waals surface area (Å²) >= 11 is 13.1. The second-order valence-electron chi connectivity index (χ2n) is 5.04. The first-order valence-electron chi connectivity index (χ1n) is 7.11. The number of ether oxygens (including phenoxy) is 1. The van der Waals surface area contributed by atoms with Crippen molar-refractivity contribution in [2.24, 2.45) is 0 Å². The zero-order valence-corrected chi connectivity index (χ0v) is 15.4. The fraction of sp³-hybridized carbons (Fsp3) is 0.235. The van der Waals surface area contributed by atoms with Crippen molar-refractivity contribution in [3.05, 3.63) is 57.8 Å². The lowest BCUT2D eigenvalue weighted by Crippen LogP contribution is -2.28. The van der Waals surface area contributed by atoms with E-state index in [4.69, 9.17) is 27.9 Å². The minimum absolute atomic E-state index is 0.0441. The van der Waals surface area contributed by atoms with Gasteiger partial charge in [0.1, 0.15) is 11.6 Å². The van der Waals surface area contributed by atoms with E-state index in [0.29, 0.717) is 10.6 Å². The Kier molecular flexibility index (Phi) is 6.78. The Bertz CT molecular complexity index is 725. The standard InChI is InChI=1S/C17H16Cl2FNO2S/c1-10(13-7-16(20)15(19)8-14(13)18)21-17(22)9-24-12-5-3-11(23-2)4-6-12/h3-8,10H,9H2,1-2H3,(H,21,22)/t10-/m0/s1. The summed E-state index contributed by atoms with van der Waals surface area (Å²) in [5, 5.41) is 3.07. The SMILES string of the molecule is COc1ccc(SCC(=O)N[C@@H](C)c2cc(F)c(Cl)cc2Cl)cc1. The number of hydrogen-bond donors (Lipinski definition) is 1. The van der Waals surface area contributed by atoms with Crippen molar-refractivity contribution in [1.82, 2.24) is 5.32 Å². The van der Waals surface area contributed by atoms with Gasteiger partial charge in [-0.3, -0.25) is 4.79 Å². The van der Waals surface area contributed by atoms with Crippen LogP contribution in [0.5, 0.6) is 5.75 Å². The first-order valence-corrected chi connectivity index (χ1v) is 8.85. The van der Waals surface area contributed by atoms with Gasteiger partial charge in [0.25, 0.3) is 0 Å². The van der Waals surface area contributed by atoms with Crippen molar-refractivity contribution in [1.29, 1.82) is 0 Å². The maximum Gasteiger partial charge on any atom is 0.230 e. The molecule has 0 heterocycles. The molecule has 0 radical (unpaired) electrons. The van der Waals surface area contributed by atoms with E-state index in [9.17, 15) is 9.18 Å². The molecule has 2 aromatic rings. The smallest absolute Gasteiger partial charge is 0.230 e. The van der Waals surface area contributed by atoms with Crippen LogP contribution in [0, 0.1) is 5.82 Å². The molecule has 0 unspecified atom stereocenters. The quantitative estimate of drug-likeness (QED) is 0.552. The van der Waals surface area contributed by atoms with E-state index in [1.807, 2.05) is 24.3 Å². The average molecular weight is 388 g/mol. The van der Waals surface area contributed by atoms with E-state index < -0.39 is 11.9 Å². The van der Waals surface area contributed by atoms with Crippen molar-refractivity contribution in [2.75, 3.05) is 12.9 Å². The van der Waals surface area contributed by atoms with Crippen molar-refractivity contribution in [2.45, 2.75) is 17.9 Å². The lowest BCUT2D eigenvalue weighted by molar-refractivity contribution is -0.119. The molecule has 24 heavy (non-hydrogen) atoms. The fourth-order valence-electron chi connectivity index (χ4n) is 2.05. The number of thioether (sulfide) groups is 1. The van der Waals surface area contributed by atoms with E-state index >= 15 is 0 Å². The molecule has 3 nitrogen and oxygen atoms in total. The van der Waals surface area contributed by atoms with Gasteiger partial charge in [-0.25, -0.2) is 4.39 Å². The molecule has 0 aromatic heterocycles. The molecule has 0 aliphatic rings. The van der Waals surface area contributed by atoms with Gasteiger partial charge in [0.15, 0.2) is 0 Å². The number of amides is 1. The molecule has 0 aliphatic carbocycles. The highest BCUT2D eigenvalue weighted by Crippen LogP contribution is 2.29. The minimum Gasteiger partial charge on any atom is -0.497 e. The number of halogens is 3. The minimum atomic E-state index is -0.565. The lowest BCUT2D eigenvalue weighted by atomic mass is 10.1. The summed E-state index contributed by atoms with van der Waals surface area (Å²) in [7, 11) is 1.60. The number of benzene rings is 2. The van der Waals surface area contributed by atoms with E-state index in [2.05, 4.69) is 5.32 Å². The third-order valence-electron chi connectivity index (χ3n) is 3.31. The van der Waals surface area contributed by atoms with E-state index in [1.165, 1.54) is 23.9 Å². The normalized spacial score (nSPS) is 11.9. The van der Waals surface area contributed by atoms with Gasteiger partial charge in [-0.05, 0) is 48.9 Å². The summed E-state index contributed by atoms with van der Waals surface area (Å²) in [5.74, 6) is 0.265. The molecule has 0 bridgehead atoms. The summed E-state index contributed by atoms with van der Waals surface area (Å²) in [5.41, 5.74) is 0.487. The van der Waals surface area contributed by atoms with Crippen molar-refractivity contribution in [3.63, 3.8) is 0 Å². The largest absolute Gasteiger partial charge is 0.497 e. The molecular formula is C17H16Cl2FNO2S. The van der Waals surface area contributed by atoms with Crippen LogP contribution in [0.3, 0.4) is 0 Å². The van der Waals surface area contributed by atoms with Crippen LogP contribution in [0.15, 0.2) is 41.3 Å². The molecule has 0 aliphatic heterocycles. The van der Waals surface area contributed by atoms with Crippen LogP contribution < -0.4 is 10.1 Å². The lowest BCUT2D eigenvalue weighted by Gasteiger charge is -2.16. The molecule has 128 valence electrons. The van der Waals surface area contributed by atoms with Gasteiger partial charge in [-0.2, -0.15) is 0 Å². The van der Waals surface area contributed by atoms with Gasteiger partial charge in [-0.15, -0.1) is 11.8 Å². The van der Waals surface area contributed by atoms with Gasteiger partial charge < -0.3 is 10.1 Å². The van der Waals surface area contributed by atoms with Crippen LogP contribution in [0.1, 0.15) is 18.5 Å². The van der Waals surface area contributed by atoms with E-state index in [1.54, 1.807) is 14.0 Å². The topological polar surface area (TPSA) is 38.3 Å². The molecule has 1 atom stereocenters. The first-order chi connectivity index (χ1) is 11.4. The highest BCUT2D eigenvalue weighted by atomic mass is 35.5. The number of rotatable bonds is 6. The van der Waals surface area contributed by atoms with Gasteiger partial charge in [0, 0.05) is 9.92 Å². The molecule has 1 N–H and O–H groups in total. The average Bonchev–Trinajstić information content (AvgIpc) is 2.56. The Balaban J connectivity index is 1.92. The molecule has 0 spiro atoms. The Morgan fingerprint density at radius 2 is 1.92 bits per heavy atom. The van der Waals surface area contributed by atoms with Crippen LogP contribution in [0.2, 0.25) is 10.0 Å². The molecule has 7 heteroatoms. The predicted molar refractivity (Wildman–Crippen MR) is 96.7 cm³/mol. The van der Waals surface area contributed by atoms with Gasteiger partial charge in [0.05, 0.1) is 23.9 Å². The molecular weight excluding hydrogens is 372 g/mol. The van der Waals surface area contributed by atoms with Gasteiger partial charge >= 0.3 is 0 Å². The van der Waals surface area contributed by atoms with Crippen molar-refractivity contribution >= 4 is 40.9 Å². The van der Waals surface area contributed by atoms with Crippen LogP contribution in [0.4, 0.5) is 4.39 Å². The Morgan fingerprint density at radius 3 is 2.54 bits per heavy atom. The maximum absolute atomic E-state index is 13.6. The predicted octanol–water partition coefficient (Wildman–Crippen LogP) is 5.11. The molecule has 0 fully saturated rings.